The van der Waals surface area contributed by atoms with Gasteiger partial charge in [-0.2, -0.15) is 0 Å². The number of carbonyl (C=O) groups excluding carboxylic acids is 2. The molecular formula is C19H18BrN5O3. The Balaban J connectivity index is 1.25. The molecule has 8 nitrogen and oxygen atoms in total. The minimum absolute atomic E-state index is 0.175. The van der Waals surface area contributed by atoms with Crippen molar-refractivity contribution in [2.24, 2.45) is 5.16 Å². The van der Waals surface area contributed by atoms with Crippen LogP contribution in [-0.2, 0) is 4.84 Å². The molecule has 0 aliphatic carbocycles. The van der Waals surface area contributed by atoms with E-state index in [1.165, 1.54) is 4.90 Å². The Labute approximate surface area is 170 Å². The summed E-state index contributed by atoms with van der Waals surface area (Å²) in [5, 5.41) is 4.18. The van der Waals surface area contributed by atoms with E-state index in [1.807, 2.05) is 0 Å². The lowest BCUT2D eigenvalue weighted by atomic mass is 10.1. The SMILES string of the molecule is O=C1c2ccccc2C(=O)N1CCON=C1CCN(c2ncc(Br)cn2)CC1. The van der Waals surface area contributed by atoms with Gasteiger partial charge in [-0.1, -0.05) is 17.3 Å². The van der Waals surface area contributed by atoms with E-state index in [0.717, 1.165) is 36.1 Å². The second kappa shape index (κ2) is 8.05. The summed E-state index contributed by atoms with van der Waals surface area (Å²) >= 11 is 3.33. The number of carbonyl (C=O) groups is 2. The predicted octanol–water partition coefficient (Wildman–Crippen LogP) is 2.51. The van der Waals surface area contributed by atoms with Crippen LogP contribution >= 0.6 is 15.9 Å². The zero-order valence-corrected chi connectivity index (χ0v) is 16.6. The fourth-order valence-electron chi connectivity index (χ4n) is 3.24. The molecule has 28 heavy (non-hydrogen) atoms. The topological polar surface area (TPSA) is 88.0 Å². The number of nitrogens with zero attached hydrogens (tertiary/aromatic N) is 5. The molecule has 0 bridgehead atoms. The van der Waals surface area contributed by atoms with Crippen LogP contribution in [0.2, 0.25) is 0 Å². The van der Waals surface area contributed by atoms with Crippen molar-refractivity contribution in [2.45, 2.75) is 12.8 Å². The maximum absolute atomic E-state index is 12.3. The summed E-state index contributed by atoms with van der Waals surface area (Å²) in [7, 11) is 0. The van der Waals surface area contributed by atoms with Gasteiger partial charge in [-0.3, -0.25) is 14.5 Å². The molecule has 0 unspecified atom stereocenters. The molecule has 2 aliphatic rings. The molecule has 0 spiro atoms. The third kappa shape index (κ3) is 3.75. The van der Waals surface area contributed by atoms with Crippen molar-refractivity contribution in [1.82, 2.24) is 14.9 Å². The third-order valence-electron chi connectivity index (χ3n) is 4.71. The number of piperidine rings is 1. The molecule has 2 amide bonds. The Morgan fingerprint density at radius 1 is 1.04 bits per heavy atom. The molecule has 1 fully saturated rings. The minimum Gasteiger partial charge on any atom is -0.394 e. The first kappa shape index (κ1) is 18.5. The van der Waals surface area contributed by atoms with Crippen LogP contribution in [0.5, 0.6) is 0 Å². The summed E-state index contributed by atoms with van der Waals surface area (Å²) < 4.78 is 0.849. The lowest BCUT2D eigenvalue weighted by Gasteiger charge is -2.27. The highest BCUT2D eigenvalue weighted by atomic mass is 79.9. The molecule has 2 aromatic rings. The number of benzene rings is 1. The third-order valence-corrected chi connectivity index (χ3v) is 5.12. The molecule has 1 aromatic heterocycles. The van der Waals surface area contributed by atoms with Gasteiger partial charge in [-0.15, -0.1) is 0 Å². The second-order valence-corrected chi connectivity index (χ2v) is 7.40. The first-order valence-corrected chi connectivity index (χ1v) is 9.78. The molecule has 0 atom stereocenters. The predicted molar refractivity (Wildman–Crippen MR) is 106 cm³/mol. The number of fused-ring (bicyclic) bond motifs is 1. The Kier molecular flexibility index (Phi) is 5.34. The van der Waals surface area contributed by atoms with Crippen LogP contribution in [0, 0.1) is 0 Å². The summed E-state index contributed by atoms with van der Waals surface area (Å²) in [5.74, 6) is 0.146. The average molecular weight is 444 g/mol. The fourth-order valence-corrected chi connectivity index (χ4v) is 3.44. The normalized spacial score (nSPS) is 16.4. The smallest absolute Gasteiger partial charge is 0.261 e. The van der Waals surface area contributed by atoms with E-state index in [0.29, 0.717) is 17.1 Å². The summed E-state index contributed by atoms with van der Waals surface area (Å²) in [6.07, 6.45) is 4.97. The van der Waals surface area contributed by atoms with Crippen LogP contribution in [0.3, 0.4) is 0 Å². The fraction of sp³-hybridized carbons (Fsp3) is 0.316. The number of anilines is 1. The van der Waals surface area contributed by atoms with E-state index >= 15 is 0 Å². The van der Waals surface area contributed by atoms with Crippen LogP contribution in [0.4, 0.5) is 5.95 Å². The molecule has 1 saturated heterocycles. The standard InChI is InChI=1S/C19H18BrN5O3/c20-13-11-21-19(22-12-13)24-7-5-14(6-8-24)23-28-10-9-25-17(26)15-3-1-2-4-16(15)18(25)27/h1-4,11-12H,5-10H2. The van der Waals surface area contributed by atoms with Gasteiger partial charge in [-0.25, -0.2) is 9.97 Å². The number of oxime groups is 1. The van der Waals surface area contributed by atoms with Crippen molar-refractivity contribution in [1.29, 1.82) is 0 Å². The van der Waals surface area contributed by atoms with Crippen LogP contribution in [0.15, 0.2) is 46.3 Å². The molecule has 0 N–H and O–H groups in total. The van der Waals surface area contributed by atoms with Crippen molar-refractivity contribution in [3.8, 4) is 0 Å². The van der Waals surface area contributed by atoms with E-state index in [4.69, 9.17) is 4.84 Å². The van der Waals surface area contributed by atoms with Gasteiger partial charge < -0.3 is 9.74 Å². The molecule has 144 valence electrons. The summed E-state index contributed by atoms with van der Waals surface area (Å²) in [5.41, 5.74) is 1.85. The number of hydrogen-bond donors (Lipinski definition) is 0. The van der Waals surface area contributed by atoms with Crippen LogP contribution < -0.4 is 4.90 Å². The number of amides is 2. The Bertz CT molecular complexity index is 886. The van der Waals surface area contributed by atoms with E-state index in [9.17, 15) is 9.59 Å². The van der Waals surface area contributed by atoms with E-state index in [-0.39, 0.29) is 25.0 Å². The minimum atomic E-state index is -0.278. The molecule has 3 heterocycles. The second-order valence-electron chi connectivity index (χ2n) is 6.49. The molecule has 9 heteroatoms. The zero-order chi connectivity index (χ0) is 19.5. The van der Waals surface area contributed by atoms with Gasteiger partial charge in [0.05, 0.1) is 27.9 Å². The van der Waals surface area contributed by atoms with Gasteiger partial charge in [0.15, 0.2) is 0 Å². The summed E-state index contributed by atoms with van der Waals surface area (Å²) in [4.78, 5) is 41.9. The molecule has 0 radical (unpaired) electrons. The van der Waals surface area contributed by atoms with Crippen LogP contribution in [0.25, 0.3) is 0 Å². The van der Waals surface area contributed by atoms with Gasteiger partial charge in [-0.05, 0) is 28.1 Å². The Morgan fingerprint density at radius 3 is 2.25 bits per heavy atom. The van der Waals surface area contributed by atoms with Gasteiger partial charge in [0.25, 0.3) is 11.8 Å². The van der Waals surface area contributed by atoms with Crippen LogP contribution in [0.1, 0.15) is 33.6 Å². The molecular weight excluding hydrogens is 426 g/mol. The van der Waals surface area contributed by atoms with E-state index in [2.05, 4.69) is 36.0 Å². The van der Waals surface area contributed by atoms with Crippen molar-refractivity contribution in [3.63, 3.8) is 0 Å². The van der Waals surface area contributed by atoms with Gasteiger partial charge in [0.1, 0.15) is 6.61 Å². The lowest BCUT2D eigenvalue weighted by Crippen LogP contribution is -2.35. The lowest BCUT2D eigenvalue weighted by molar-refractivity contribution is 0.0570. The summed E-state index contributed by atoms with van der Waals surface area (Å²) in [6, 6.07) is 6.84. The van der Waals surface area contributed by atoms with Crippen LogP contribution in [-0.4, -0.2) is 58.6 Å². The Morgan fingerprint density at radius 2 is 1.64 bits per heavy atom. The van der Waals surface area contributed by atoms with Gasteiger partial charge >= 0.3 is 0 Å². The quantitative estimate of drug-likeness (QED) is 0.400. The largest absolute Gasteiger partial charge is 0.394 e. The van der Waals surface area contributed by atoms with Crippen molar-refractivity contribution in [3.05, 3.63) is 52.3 Å². The zero-order valence-electron chi connectivity index (χ0n) is 15.0. The highest BCUT2D eigenvalue weighted by Gasteiger charge is 2.34. The first-order chi connectivity index (χ1) is 13.6. The number of imide groups is 1. The molecule has 0 saturated carbocycles. The van der Waals surface area contributed by atoms with E-state index < -0.39 is 0 Å². The highest BCUT2D eigenvalue weighted by Crippen LogP contribution is 2.22. The highest BCUT2D eigenvalue weighted by molar-refractivity contribution is 9.10. The maximum atomic E-state index is 12.3. The Hall–Kier alpha value is -2.81. The van der Waals surface area contributed by atoms with Gasteiger partial charge in [0.2, 0.25) is 5.95 Å². The number of halogens is 1. The van der Waals surface area contributed by atoms with E-state index in [1.54, 1.807) is 36.7 Å². The average Bonchev–Trinajstić information content (AvgIpc) is 2.97. The summed E-state index contributed by atoms with van der Waals surface area (Å²) in [6.45, 7) is 1.89. The monoisotopic (exact) mass is 443 g/mol. The van der Waals surface area contributed by atoms with Crippen molar-refractivity contribution < 1.29 is 14.4 Å². The van der Waals surface area contributed by atoms with Crippen molar-refractivity contribution in [2.75, 3.05) is 31.1 Å². The molecule has 4 rings (SSSR count). The number of hydrogen-bond acceptors (Lipinski definition) is 7. The molecule has 2 aliphatic heterocycles. The van der Waals surface area contributed by atoms with Crippen molar-refractivity contribution >= 4 is 39.4 Å². The maximum Gasteiger partial charge on any atom is 0.261 e. The first-order valence-electron chi connectivity index (χ1n) is 8.99. The van der Waals surface area contributed by atoms with Gasteiger partial charge in [0, 0.05) is 38.3 Å². The number of aromatic nitrogens is 2. The number of rotatable bonds is 5. The molecule has 1 aromatic carbocycles.